The van der Waals surface area contributed by atoms with Crippen LogP contribution >= 0.6 is 0 Å². The van der Waals surface area contributed by atoms with Crippen molar-refractivity contribution in [2.24, 2.45) is 5.84 Å². The highest BCUT2D eigenvalue weighted by molar-refractivity contribution is 7.84. The lowest BCUT2D eigenvalue weighted by molar-refractivity contribution is -0.384. The summed E-state index contributed by atoms with van der Waals surface area (Å²) in [6.45, 7) is 1.79. The first kappa shape index (κ1) is 17.1. The van der Waals surface area contributed by atoms with E-state index in [-0.39, 0.29) is 23.0 Å². The van der Waals surface area contributed by atoms with Gasteiger partial charge in [0, 0.05) is 40.5 Å². The summed E-state index contributed by atoms with van der Waals surface area (Å²) in [7, 11) is -0.922. The molecule has 0 aromatic heterocycles. The van der Waals surface area contributed by atoms with E-state index in [9.17, 15) is 19.1 Å². The van der Waals surface area contributed by atoms with Crippen LogP contribution < -0.4 is 16.6 Å². The van der Waals surface area contributed by atoms with E-state index in [4.69, 9.17) is 5.84 Å². The maximum absolute atomic E-state index is 12.0. The number of nitro groups is 1. The van der Waals surface area contributed by atoms with Crippen LogP contribution in [-0.4, -0.2) is 33.1 Å². The Balaban J connectivity index is 2.81. The van der Waals surface area contributed by atoms with Gasteiger partial charge in [0.15, 0.2) is 0 Å². The van der Waals surface area contributed by atoms with Gasteiger partial charge in [-0.3, -0.25) is 25.0 Å². The highest BCUT2D eigenvalue weighted by Gasteiger charge is 2.18. The number of nitrogen functional groups attached to an aromatic ring is 1. The number of hydrazine groups is 1. The molecule has 0 saturated carbocycles. The third-order valence-corrected chi connectivity index (χ3v) is 3.64. The van der Waals surface area contributed by atoms with E-state index >= 15 is 0 Å². The van der Waals surface area contributed by atoms with Crippen molar-refractivity contribution in [2.45, 2.75) is 19.4 Å². The highest BCUT2D eigenvalue weighted by Crippen LogP contribution is 2.24. The number of nitrogens with zero attached hydrogens (tertiary/aromatic N) is 1. The van der Waals surface area contributed by atoms with Crippen LogP contribution in [0.15, 0.2) is 18.2 Å². The molecular formula is C12H18N4O4S. The quantitative estimate of drug-likeness (QED) is 0.387. The van der Waals surface area contributed by atoms with Crippen LogP contribution in [0.1, 0.15) is 23.7 Å². The number of hydrogen-bond donors (Lipinski definition) is 3. The van der Waals surface area contributed by atoms with Gasteiger partial charge in [0.1, 0.15) is 5.69 Å². The SMILES string of the molecule is CC(CCS(C)=O)NC(=O)c1ccc(NN)c([N+](=O)[O-])c1. The molecule has 0 fully saturated rings. The molecule has 9 heteroatoms. The van der Waals surface area contributed by atoms with Crippen LogP contribution in [0.2, 0.25) is 0 Å². The minimum absolute atomic E-state index is 0.131. The Morgan fingerprint density at radius 2 is 2.19 bits per heavy atom. The fraction of sp³-hybridized carbons (Fsp3) is 0.417. The number of nitrogens with two attached hydrogens (primary N) is 1. The van der Waals surface area contributed by atoms with Crippen molar-refractivity contribution in [3.05, 3.63) is 33.9 Å². The summed E-state index contributed by atoms with van der Waals surface area (Å²) in [6.07, 6.45) is 2.16. The second-order valence-corrected chi connectivity index (χ2v) is 6.13. The van der Waals surface area contributed by atoms with E-state index in [1.165, 1.54) is 12.1 Å². The van der Waals surface area contributed by atoms with E-state index in [1.54, 1.807) is 13.2 Å². The topological polar surface area (TPSA) is 127 Å². The minimum Gasteiger partial charge on any atom is -0.350 e. The standard InChI is InChI=1S/C12H18N4O4S/c1-8(5-6-21(2)20)14-12(17)9-3-4-10(15-13)11(7-9)16(18)19/h3-4,7-8,15H,5-6,13H2,1-2H3,(H,14,17). The summed E-state index contributed by atoms with van der Waals surface area (Å²) in [6, 6.07) is 3.81. The van der Waals surface area contributed by atoms with E-state index < -0.39 is 21.6 Å². The van der Waals surface area contributed by atoms with Gasteiger partial charge < -0.3 is 10.7 Å². The fourth-order valence-corrected chi connectivity index (χ4v) is 2.35. The molecule has 0 heterocycles. The zero-order valence-corrected chi connectivity index (χ0v) is 12.6. The number of carbonyl (C=O) groups excluding carboxylic acids is 1. The van der Waals surface area contributed by atoms with Crippen molar-refractivity contribution in [3.8, 4) is 0 Å². The molecule has 0 radical (unpaired) electrons. The molecule has 2 unspecified atom stereocenters. The molecular weight excluding hydrogens is 296 g/mol. The third-order valence-electron chi connectivity index (χ3n) is 2.83. The van der Waals surface area contributed by atoms with Gasteiger partial charge in [-0.05, 0) is 25.5 Å². The highest BCUT2D eigenvalue weighted by atomic mass is 32.2. The summed E-state index contributed by atoms with van der Waals surface area (Å²) in [4.78, 5) is 22.3. The molecule has 8 nitrogen and oxygen atoms in total. The fourth-order valence-electron chi connectivity index (χ4n) is 1.67. The van der Waals surface area contributed by atoms with Crippen molar-refractivity contribution >= 4 is 28.1 Å². The summed E-state index contributed by atoms with van der Waals surface area (Å²) in [5.74, 6) is 5.24. The number of nitrogens with one attached hydrogen (secondary N) is 2. The first-order valence-corrected chi connectivity index (χ1v) is 7.93. The van der Waals surface area contributed by atoms with Crippen LogP contribution in [0.5, 0.6) is 0 Å². The van der Waals surface area contributed by atoms with Crippen molar-refractivity contribution in [1.82, 2.24) is 5.32 Å². The second-order valence-electron chi connectivity index (χ2n) is 4.57. The minimum atomic E-state index is -0.922. The largest absolute Gasteiger partial charge is 0.350 e. The number of hydrogen-bond acceptors (Lipinski definition) is 6. The van der Waals surface area contributed by atoms with Gasteiger partial charge in [-0.15, -0.1) is 0 Å². The summed E-state index contributed by atoms with van der Waals surface area (Å²) < 4.78 is 11.0. The molecule has 1 rings (SSSR count). The Kier molecular flexibility index (Phi) is 6.25. The van der Waals surface area contributed by atoms with Gasteiger partial charge in [0.05, 0.1) is 4.92 Å². The van der Waals surface area contributed by atoms with E-state index in [2.05, 4.69) is 10.7 Å². The number of benzene rings is 1. The van der Waals surface area contributed by atoms with Crippen LogP contribution in [0.25, 0.3) is 0 Å². The Labute approximate surface area is 124 Å². The average molecular weight is 314 g/mol. The Morgan fingerprint density at radius 1 is 1.52 bits per heavy atom. The van der Waals surface area contributed by atoms with Crippen LogP contribution in [0.4, 0.5) is 11.4 Å². The lowest BCUT2D eigenvalue weighted by atomic mass is 10.1. The number of anilines is 1. The molecule has 0 bridgehead atoms. The maximum atomic E-state index is 12.0. The zero-order chi connectivity index (χ0) is 16.0. The molecule has 0 aliphatic rings. The Hall–Kier alpha value is -2.00. The van der Waals surface area contributed by atoms with Gasteiger partial charge in [0.25, 0.3) is 11.6 Å². The van der Waals surface area contributed by atoms with Crippen molar-refractivity contribution in [2.75, 3.05) is 17.4 Å². The molecule has 2 atom stereocenters. The average Bonchev–Trinajstić information content (AvgIpc) is 2.44. The number of rotatable bonds is 7. The van der Waals surface area contributed by atoms with Crippen LogP contribution in [0.3, 0.4) is 0 Å². The normalized spacial score (nSPS) is 13.3. The Bertz CT molecular complexity index is 564. The van der Waals surface area contributed by atoms with Gasteiger partial charge in [0.2, 0.25) is 0 Å². The molecule has 1 amide bonds. The van der Waals surface area contributed by atoms with Gasteiger partial charge in [-0.2, -0.15) is 0 Å². The lowest BCUT2D eigenvalue weighted by Crippen LogP contribution is -2.33. The summed E-state index contributed by atoms with van der Waals surface area (Å²) in [5.41, 5.74) is 2.24. The molecule has 116 valence electrons. The first-order valence-electron chi connectivity index (χ1n) is 6.21. The number of amides is 1. The van der Waals surface area contributed by atoms with Crippen LogP contribution in [0, 0.1) is 10.1 Å². The molecule has 1 aromatic carbocycles. The Morgan fingerprint density at radius 3 is 2.71 bits per heavy atom. The molecule has 0 spiro atoms. The molecule has 21 heavy (non-hydrogen) atoms. The van der Waals surface area contributed by atoms with Gasteiger partial charge >= 0.3 is 0 Å². The second kappa shape index (κ2) is 7.70. The first-order chi connectivity index (χ1) is 9.85. The zero-order valence-electron chi connectivity index (χ0n) is 11.8. The predicted molar refractivity (Wildman–Crippen MR) is 81.4 cm³/mol. The molecule has 0 saturated heterocycles. The van der Waals surface area contributed by atoms with Crippen molar-refractivity contribution in [1.29, 1.82) is 0 Å². The number of carbonyl (C=O) groups is 1. The van der Waals surface area contributed by atoms with E-state index in [1.807, 2.05) is 0 Å². The predicted octanol–water partition coefficient (Wildman–Crippen LogP) is 0.767. The van der Waals surface area contributed by atoms with Gasteiger partial charge in [-0.25, -0.2) is 0 Å². The van der Waals surface area contributed by atoms with Crippen LogP contribution in [-0.2, 0) is 10.8 Å². The maximum Gasteiger partial charge on any atom is 0.294 e. The number of nitro benzene ring substituents is 1. The van der Waals surface area contributed by atoms with Gasteiger partial charge in [-0.1, -0.05) is 0 Å². The monoisotopic (exact) mass is 314 g/mol. The molecule has 0 aliphatic heterocycles. The molecule has 0 aliphatic carbocycles. The molecule has 1 aromatic rings. The lowest BCUT2D eigenvalue weighted by Gasteiger charge is -2.13. The smallest absolute Gasteiger partial charge is 0.294 e. The third kappa shape index (κ3) is 5.12. The summed E-state index contributed by atoms with van der Waals surface area (Å²) >= 11 is 0. The van der Waals surface area contributed by atoms with Crippen molar-refractivity contribution in [3.63, 3.8) is 0 Å². The van der Waals surface area contributed by atoms with E-state index in [0.717, 1.165) is 6.07 Å². The van der Waals surface area contributed by atoms with E-state index in [0.29, 0.717) is 12.2 Å². The molecule has 4 N–H and O–H groups in total. The van der Waals surface area contributed by atoms with Crippen molar-refractivity contribution < 1.29 is 13.9 Å². The summed E-state index contributed by atoms with van der Waals surface area (Å²) in [5, 5.41) is 13.6.